The van der Waals surface area contributed by atoms with Gasteiger partial charge in [0.1, 0.15) is 0 Å². The number of rotatable bonds is 22. The molecule has 0 spiro atoms. The van der Waals surface area contributed by atoms with Crippen molar-refractivity contribution < 1.29 is 38.4 Å². The summed E-state index contributed by atoms with van der Waals surface area (Å²) in [6, 6.07) is 0. The number of hydrogen-bond donors (Lipinski definition) is 2. The van der Waals surface area contributed by atoms with Crippen molar-refractivity contribution in [1.29, 1.82) is 0 Å². The highest BCUT2D eigenvalue weighted by atomic mass is 16.5. The first-order chi connectivity index (χ1) is 13.2. The van der Waals surface area contributed by atoms with Gasteiger partial charge in [-0.05, 0) is 0 Å². The molecular formula is C17H34N2O8. The van der Waals surface area contributed by atoms with E-state index in [2.05, 4.69) is 10.2 Å². The molecule has 2 N–H and O–H groups in total. The van der Waals surface area contributed by atoms with Gasteiger partial charge in [-0.25, -0.2) is 0 Å². The van der Waals surface area contributed by atoms with Gasteiger partial charge < -0.3 is 34.1 Å². The van der Waals surface area contributed by atoms with Crippen LogP contribution in [0.2, 0.25) is 0 Å². The van der Waals surface area contributed by atoms with Crippen molar-refractivity contribution in [3.63, 3.8) is 0 Å². The standard InChI is InChI=1S/C17H34N2O8/c1-23-9-4-19(5-10-26-14-12-24-7-2-17(21)22)6-11-27-15-13-25-8-3-18-16-20/h16H,2-15H2,1H3,(H,18,20)(H,21,22). The Kier molecular flexibility index (Phi) is 20.0. The second-order valence-electron chi connectivity index (χ2n) is 5.50. The number of nitrogens with one attached hydrogen (secondary N) is 1. The van der Waals surface area contributed by atoms with Crippen molar-refractivity contribution >= 4 is 12.4 Å². The highest BCUT2D eigenvalue weighted by molar-refractivity contribution is 5.66. The molecule has 0 heterocycles. The summed E-state index contributed by atoms with van der Waals surface area (Å²) in [6.45, 7) is 7.04. The van der Waals surface area contributed by atoms with Crippen LogP contribution in [0.5, 0.6) is 0 Å². The average Bonchev–Trinajstić information content (AvgIpc) is 2.65. The monoisotopic (exact) mass is 394 g/mol. The van der Waals surface area contributed by atoms with E-state index in [9.17, 15) is 9.59 Å². The second kappa shape index (κ2) is 21.0. The third-order valence-corrected chi connectivity index (χ3v) is 3.39. The quantitative estimate of drug-likeness (QED) is 0.180. The Morgan fingerprint density at radius 1 is 0.852 bits per heavy atom. The number of amides is 1. The highest BCUT2D eigenvalue weighted by Gasteiger charge is 2.05. The van der Waals surface area contributed by atoms with E-state index in [0.717, 1.165) is 19.6 Å². The molecule has 0 unspecified atom stereocenters. The number of carboxylic acids is 1. The summed E-state index contributed by atoms with van der Waals surface area (Å²) >= 11 is 0. The van der Waals surface area contributed by atoms with Crippen LogP contribution < -0.4 is 5.32 Å². The summed E-state index contributed by atoms with van der Waals surface area (Å²) in [5.74, 6) is -0.867. The molecule has 0 aliphatic heterocycles. The minimum Gasteiger partial charge on any atom is -0.481 e. The fourth-order valence-electron chi connectivity index (χ4n) is 1.94. The van der Waals surface area contributed by atoms with Crippen LogP contribution in [-0.2, 0) is 33.3 Å². The maximum atomic E-state index is 10.3. The van der Waals surface area contributed by atoms with E-state index in [-0.39, 0.29) is 13.0 Å². The van der Waals surface area contributed by atoms with E-state index in [1.165, 1.54) is 0 Å². The minimum atomic E-state index is -0.867. The fraction of sp³-hybridized carbons (Fsp3) is 0.882. The second-order valence-corrected chi connectivity index (χ2v) is 5.50. The Morgan fingerprint density at radius 3 is 1.89 bits per heavy atom. The van der Waals surface area contributed by atoms with Crippen LogP contribution in [0.4, 0.5) is 0 Å². The zero-order chi connectivity index (χ0) is 20.0. The molecule has 0 aromatic carbocycles. The number of aliphatic carboxylic acids is 1. The van der Waals surface area contributed by atoms with Gasteiger partial charge in [-0.2, -0.15) is 0 Å². The van der Waals surface area contributed by atoms with Crippen molar-refractivity contribution in [2.75, 3.05) is 92.8 Å². The van der Waals surface area contributed by atoms with E-state index < -0.39 is 5.97 Å². The Bertz CT molecular complexity index is 347. The van der Waals surface area contributed by atoms with Gasteiger partial charge in [0, 0.05) is 33.3 Å². The lowest BCUT2D eigenvalue weighted by molar-refractivity contribution is -0.138. The molecule has 160 valence electrons. The van der Waals surface area contributed by atoms with Gasteiger partial charge in [-0.1, -0.05) is 0 Å². The normalized spacial score (nSPS) is 11.0. The summed E-state index contributed by atoms with van der Waals surface area (Å²) in [7, 11) is 1.66. The Balaban J connectivity index is 3.58. The predicted octanol–water partition coefficient (Wildman–Crippen LogP) is -0.778. The first-order valence-electron chi connectivity index (χ1n) is 9.11. The van der Waals surface area contributed by atoms with Gasteiger partial charge in [0.25, 0.3) is 0 Å². The molecule has 10 heteroatoms. The molecule has 0 radical (unpaired) electrons. The van der Waals surface area contributed by atoms with Gasteiger partial charge in [0.2, 0.25) is 6.41 Å². The van der Waals surface area contributed by atoms with Gasteiger partial charge in [0.15, 0.2) is 0 Å². The third kappa shape index (κ3) is 20.9. The Hall–Kier alpha value is -1.30. The number of hydrogen-bond acceptors (Lipinski definition) is 8. The smallest absolute Gasteiger partial charge is 0.305 e. The van der Waals surface area contributed by atoms with E-state index in [1.807, 2.05) is 0 Å². The van der Waals surface area contributed by atoms with Crippen LogP contribution >= 0.6 is 0 Å². The van der Waals surface area contributed by atoms with Crippen LogP contribution in [0.15, 0.2) is 0 Å². The lowest BCUT2D eigenvalue weighted by Gasteiger charge is -2.21. The largest absolute Gasteiger partial charge is 0.481 e. The number of carboxylic acid groups (broad SMARTS) is 1. The van der Waals surface area contributed by atoms with Crippen LogP contribution in [0, 0.1) is 0 Å². The molecule has 0 fully saturated rings. The molecule has 27 heavy (non-hydrogen) atoms. The predicted molar refractivity (Wildman–Crippen MR) is 97.9 cm³/mol. The van der Waals surface area contributed by atoms with Crippen LogP contribution in [0.3, 0.4) is 0 Å². The lowest BCUT2D eigenvalue weighted by Crippen LogP contribution is -2.34. The molecule has 1 amide bonds. The number of ether oxygens (including phenoxy) is 5. The molecule has 0 rings (SSSR count). The minimum absolute atomic E-state index is 0.00542. The van der Waals surface area contributed by atoms with Crippen molar-refractivity contribution in [2.24, 2.45) is 0 Å². The summed E-state index contributed by atoms with van der Waals surface area (Å²) in [6.07, 6.45) is 0.649. The highest BCUT2D eigenvalue weighted by Crippen LogP contribution is 1.92. The molecule has 0 atom stereocenters. The van der Waals surface area contributed by atoms with Gasteiger partial charge >= 0.3 is 5.97 Å². The molecule has 0 aliphatic carbocycles. The topological polar surface area (TPSA) is 116 Å². The van der Waals surface area contributed by atoms with Crippen molar-refractivity contribution in [3.8, 4) is 0 Å². The zero-order valence-corrected chi connectivity index (χ0v) is 16.2. The zero-order valence-electron chi connectivity index (χ0n) is 16.2. The fourth-order valence-corrected chi connectivity index (χ4v) is 1.94. The summed E-state index contributed by atoms with van der Waals surface area (Å²) in [5.41, 5.74) is 0. The van der Waals surface area contributed by atoms with Crippen molar-refractivity contribution in [1.82, 2.24) is 10.2 Å². The molecule has 0 aromatic heterocycles. The molecule has 0 aliphatic rings. The van der Waals surface area contributed by atoms with Crippen molar-refractivity contribution in [3.05, 3.63) is 0 Å². The first-order valence-corrected chi connectivity index (χ1v) is 9.11. The van der Waals surface area contributed by atoms with E-state index in [1.54, 1.807) is 7.11 Å². The lowest BCUT2D eigenvalue weighted by atomic mass is 10.4. The Labute approximate surface area is 161 Å². The summed E-state index contributed by atoms with van der Waals surface area (Å²) < 4.78 is 26.6. The van der Waals surface area contributed by atoms with Gasteiger partial charge in [0.05, 0.1) is 65.9 Å². The van der Waals surface area contributed by atoms with Crippen LogP contribution in [0.1, 0.15) is 6.42 Å². The van der Waals surface area contributed by atoms with E-state index >= 15 is 0 Å². The first kappa shape index (κ1) is 25.7. The summed E-state index contributed by atoms with van der Waals surface area (Å²) in [5, 5.41) is 11.0. The molecule has 10 nitrogen and oxygen atoms in total. The van der Waals surface area contributed by atoms with Gasteiger partial charge in [-0.15, -0.1) is 0 Å². The number of carbonyl (C=O) groups is 2. The third-order valence-electron chi connectivity index (χ3n) is 3.39. The molecule has 0 bridgehead atoms. The van der Waals surface area contributed by atoms with Crippen molar-refractivity contribution in [2.45, 2.75) is 6.42 Å². The molecule has 0 aromatic rings. The SMILES string of the molecule is COCCN(CCOCCOCCNC=O)CCOCCOCCC(=O)O. The maximum Gasteiger partial charge on any atom is 0.305 e. The number of carbonyl (C=O) groups excluding carboxylic acids is 1. The van der Waals surface area contributed by atoms with Crippen LogP contribution in [0.25, 0.3) is 0 Å². The molecule has 0 saturated carbocycles. The number of methoxy groups -OCH3 is 1. The Morgan fingerprint density at radius 2 is 1.37 bits per heavy atom. The average molecular weight is 394 g/mol. The van der Waals surface area contributed by atoms with Gasteiger partial charge in [-0.3, -0.25) is 14.5 Å². The summed E-state index contributed by atoms with van der Waals surface area (Å²) in [4.78, 5) is 22.6. The number of nitrogens with zero attached hydrogens (tertiary/aromatic N) is 1. The molecular weight excluding hydrogens is 360 g/mol. The van der Waals surface area contributed by atoms with E-state index in [4.69, 9.17) is 28.8 Å². The molecule has 0 saturated heterocycles. The maximum absolute atomic E-state index is 10.3. The van der Waals surface area contributed by atoms with E-state index in [0.29, 0.717) is 65.8 Å². The van der Waals surface area contributed by atoms with Crippen LogP contribution in [-0.4, -0.2) is 115 Å².